The van der Waals surface area contributed by atoms with Gasteiger partial charge >= 0.3 is 0 Å². The lowest BCUT2D eigenvalue weighted by atomic mass is 9.93. The Labute approximate surface area is 130 Å². The summed E-state index contributed by atoms with van der Waals surface area (Å²) >= 11 is 3.49. The fourth-order valence-electron chi connectivity index (χ4n) is 3.07. The van der Waals surface area contributed by atoms with Crippen LogP contribution in [-0.4, -0.2) is 28.7 Å². The minimum atomic E-state index is 0.283. The molecule has 0 N–H and O–H groups in total. The molecular weight excluding hydrogens is 314 g/mol. The van der Waals surface area contributed by atoms with Crippen molar-refractivity contribution in [3.63, 3.8) is 0 Å². The maximum Gasteiger partial charge on any atom is 0.227 e. The highest BCUT2D eigenvalue weighted by Crippen LogP contribution is 2.23. The number of benzene rings is 1. The zero-order chi connectivity index (χ0) is 14.4. The highest BCUT2D eigenvalue weighted by Gasteiger charge is 2.24. The first-order chi connectivity index (χ1) is 9.72. The van der Waals surface area contributed by atoms with Crippen LogP contribution in [0.2, 0.25) is 0 Å². The number of hydrogen-bond donors (Lipinski definition) is 0. The molecule has 0 spiro atoms. The van der Waals surface area contributed by atoms with Crippen molar-refractivity contribution in [2.75, 3.05) is 11.9 Å². The molecule has 3 heteroatoms. The molecule has 0 aromatic heterocycles. The molecule has 1 aliphatic carbocycles. The van der Waals surface area contributed by atoms with Gasteiger partial charge in [0.2, 0.25) is 5.91 Å². The summed E-state index contributed by atoms with van der Waals surface area (Å²) in [4.78, 5) is 14.8. The van der Waals surface area contributed by atoms with Crippen molar-refractivity contribution < 1.29 is 4.79 Å². The molecule has 0 radical (unpaired) electrons. The first kappa shape index (κ1) is 15.6. The molecule has 1 aromatic rings. The van der Waals surface area contributed by atoms with Gasteiger partial charge in [-0.15, -0.1) is 0 Å². The average molecular weight is 338 g/mol. The van der Waals surface area contributed by atoms with Crippen molar-refractivity contribution in [2.24, 2.45) is 0 Å². The molecule has 2 rings (SSSR count). The lowest BCUT2D eigenvalue weighted by molar-refractivity contribution is -0.133. The van der Waals surface area contributed by atoms with Crippen molar-refractivity contribution in [1.82, 2.24) is 4.90 Å². The van der Waals surface area contributed by atoms with Crippen molar-refractivity contribution in [1.29, 1.82) is 0 Å². The molecule has 0 heterocycles. The van der Waals surface area contributed by atoms with Gasteiger partial charge in [0.05, 0.1) is 6.42 Å². The fraction of sp³-hybridized carbons (Fsp3) is 0.588. The van der Waals surface area contributed by atoms with E-state index in [1.165, 1.54) is 37.7 Å². The molecule has 20 heavy (non-hydrogen) atoms. The predicted octanol–water partition coefficient (Wildman–Crippen LogP) is 4.09. The van der Waals surface area contributed by atoms with Gasteiger partial charge in [0, 0.05) is 17.9 Å². The van der Waals surface area contributed by atoms with E-state index in [1.54, 1.807) is 0 Å². The van der Waals surface area contributed by atoms with Crippen LogP contribution in [0.25, 0.3) is 0 Å². The highest BCUT2D eigenvalue weighted by atomic mass is 79.9. The van der Waals surface area contributed by atoms with Gasteiger partial charge in [-0.25, -0.2) is 0 Å². The molecule has 0 saturated heterocycles. The van der Waals surface area contributed by atoms with Crippen molar-refractivity contribution in [3.8, 4) is 0 Å². The Morgan fingerprint density at radius 1 is 1.25 bits per heavy atom. The lowest BCUT2D eigenvalue weighted by Gasteiger charge is -2.34. The third-order valence-electron chi connectivity index (χ3n) is 4.26. The van der Waals surface area contributed by atoms with Crippen molar-refractivity contribution in [3.05, 3.63) is 35.4 Å². The van der Waals surface area contributed by atoms with E-state index < -0.39 is 0 Å². The fourth-order valence-corrected chi connectivity index (χ4v) is 3.45. The highest BCUT2D eigenvalue weighted by molar-refractivity contribution is 9.09. The van der Waals surface area contributed by atoms with Crippen molar-refractivity contribution >= 4 is 21.8 Å². The summed E-state index contributed by atoms with van der Waals surface area (Å²) in [6, 6.07) is 8.65. The Balaban J connectivity index is 2.04. The zero-order valence-corrected chi connectivity index (χ0v) is 13.9. The van der Waals surface area contributed by atoms with E-state index in [9.17, 15) is 4.79 Å². The molecule has 2 nitrogen and oxygen atoms in total. The third-order valence-corrected chi connectivity index (χ3v) is 4.62. The van der Waals surface area contributed by atoms with E-state index in [0.717, 1.165) is 17.4 Å². The number of alkyl halides is 1. The van der Waals surface area contributed by atoms with Gasteiger partial charge < -0.3 is 4.90 Å². The van der Waals surface area contributed by atoms with Gasteiger partial charge in [0.15, 0.2) is 0 Å². The van der Waals surface area contributed by atoms with Gasteiger partial charge in [-0.3, -0.25) is 4.79 Å². The van der Waals surface area contributed by atoms with E-state index in [-0.39, 0.29) is 5.91 Å². The van der Waals surface area contributed by atoms with Crippen LogP contribution >= 0.6 is 15.9 Å². The largest absolute Gasteiger partial charge is 0.339 e. The number of amides is 1. The third kappa shape index (κ3) is 4.08. The number of aryl methyl sites for hydroxylation is 1. The summed E-state index contributed by atoms with van der Waals surface area (Å²) in [5.41, 5.74) is 2.37. The maximum absolute atomic E-state index is 12.7. The van der Waals surface area contributed by atoms with Crippen LogP contribution in [-0.2, 0) is 11.2 Å². The Morgan fingerprint density at radius 3 is 2.60 bits per heavy atom. The van der Waals surface area contributed by atoms with E-state index >= 15 is 0 Å². The first-order valence-corrected chi connectivity index (χ1v) is 8.74. The van der Waals surface area contributed by atoms with Crippen LogP contribution in [0, 0.1) is 6.92 Å². The summed E-state index contributed by atoms with van der Waals surface area (Å²) in [6.45, 7) is 2.91. The Kier molecular flexibility index (Phi) is 6.08. The number of halogens is 1. The molecule has 1 aromatic carbocycles. The van der Waals surface area contributed by atoms with Gasteiger partial charge in [-0.2, -0.15) is 0 Å². The van der Waals surface area contributed by atoms with Gasteiger partial charge in [-0.05, 0) is 30.9 Å². The Hall–Kier alpha value is -0.830. The minimum Gasteiger partial charge on any atom is -0.339 e. The summed E-state index contributed by atoms with van der Waals surface area (Å²) < 4.78 is 0. The number of carbonyl (C=O) groups excluding carboxylic acids is 1. The minimum absolute atomic E-state index is 0.283. The van der Waals surface area contributed by atoms with E-state index in [1.807, 2.05) is 12.1 Å². The summed E-state index contributed by atoms with van der Waals surface area (Å²) in [7, 11) is 0. The molecule has 1 fully saturated rings. The molecule has 1 aliphatic rings. The quantitative estimate of drug-likeness (QED) is 0.741. The van der Waals surface area contributed by atoms with Crippen LogP contribution in [0.15, 0.2) is 24.3 Å². The first-order valence-electron chi connectivity index (χ1n) is 7.62. The molecule has 0 aliphatic heterocycles. The molecule has 0 atom stereocenters. The average Bonchev–Trinajstić information content (AvgIpc) is 2.48. The monoisotopic (exact) mass is 337 g/mol. The summed E-state index contributed by atoms with van der Waals surface area (Å²) in [5, 5.41) is 0.864. The summed E-state index contributed by atoms with van der Waals surface area (Å²) in [6.07, 6.45) is 6.74. The van der Waals surface area contributed by atoms with Crippen LogP contribution in [0.1, 0.15) is 43.2 Å². The van der Waals surface area contributed by atoms with E-state index in [2.05, 4.69) is 39.9 Å². The van der Waals surface area contributed by atoms with Gasteiger partial charge in [0.1, 0.15) is 0 Å². The summed E-state index contributed by atoms with van der Waals surface area (Å²) in [5.74, 6) is 0.283. The van der Waals surface area contributed by atoms with E-state index in [0.29, 0.717) is 12.5 Å². The SMILES string of the molecule is Cc1ccccc1CC(=O)N(CCBr)C1CCCCC1. The second kappa shape index (κ2) is 7.82. The molecule has 0 bridgehead atoms. The molecule has 0 unspecified atom stereocenters. The lowest BCUT2D eigenvalue weighted by Crippen LogP contribution is -2.43. The van der Waals surface area contributed by atoms with Crippen LogP contribution < -0.4 is 0 Å². The van der Waals surface area contributed by atoms with Crippen LogP contribution in [0.3, 0.4) is 0 Å². The number of hydrogen-bond acceptors (Lipinski definition) is 1. The van der Waals surface area contributed by atoms with E-state index in [4.69, 9.17) is 0 Å². The van der Waals surface area contributed by atoms with Gasteiger partial charge in [0.25, 0.3) is 0 Å². The van der Waals surface area contributed by atoms with Crippen molar-refractivity contribution in [2.45, 2.75) is 51.5 Å². The Bertz CT molecular complexity index is 440. The molecular formula is C17H24BrNO. The maximum atomic E-state index is 12.7. The van der Waals surface area contributed by atoms with Gasteiger partial charge in [-0.1, -0.05) is 59.5 Å². The standard InChI is InChI=1S/C17H24BrNO/c1-14-7-5-6-8-15(14)13-17(20)19(12-11-18)16-9-3-2-4-10-16/h5-8,16H,2-4,9-13H2,1H3. The molecule has 1 amide bonds. The number of carbonyl (C=O) groups is 1. The molecule has 1 saturated carbocycles. The molecule has 110 valence electrons. The van der Waals surface area contributed by atoms with Crippen LogP contribution in [0.5, 0.6) is 0 Å². The normalized spacial score (nSPS) is 16.1. The number of rotatable bonds is 5. The van der Waals surface area contributed by atoms with Crippen LogP contribution in [0.4, 0.5) is 0 Å². The Morgan fingerprint density at radius 2 is 1.95 bits per heavy atom. The predicted molar refractivity (Wildman–Crippen MR) is 87.3 cm³/mol. The smallest absolute Gasteiger partial charge is 0.227 e. The number of nitrogens with zero attached hydrogens (tertiary/aromatic N) is 1. The topological polar surface area (TPSA) is 20.3 Å². The second-order valence-corrected chi connectivity index (χ2v) is 6.46. The zero-order valence-electron chi connectivity index (χ0n) is 12.3. The second-order valence-electron chi connectivity index (χ2n) is 5.67.